The molecule has 2 heterocycles. The van der Waals surface area contributed by atoms with E-state index in [0.29, 0.717) is 22.3 Å². The van der Waals surface area contributed by atoms with Gasteiger partial charge in [-0.3, -0.25) is 4.79 Å². The minimum absolute atomic E-state index is 0.157. The van der Waals surface area contributed by atoms with Crippen molar-refractivity contribution in [1.29, 1.82) is 0 Å². The summed E-state index contributed by atoms with van der Waals surface area (Å²) >= 11 is 1.42. The maximum atomic E-state index is 13.4. The fourth-order valence-corrected chi connectivity index (χ4v) is 4.91. The Morgan fingerprint density at radius 1 is 1.09 bits per heavy atom. The smallest absolute Gasteiger partial charge is 0.274 e. The van der Waals surface area contributed by atoms with Crippen LogP contribution in [0.3, 0.4) is 0 Å². The van der Waals surface area contributed by atoms with E-state index in [9.17, 15) is 9.18 Å². The van der Waals surface area contributed by atoms with Crippen LogP contribution >= 0.6 is 11.8 Å². The lowest BCUT2D eigenvalue weighted by molar-refractivity contribution is 0.0927. The summed E-state index contributed by atoms with van der Waals surface area (Å²) < 4.78 is 15.0. The molecule has 1 fully saturated rings. The first-order valence-electron chi connectivity index (χ1n) is 11.0. The molecule has 1 aliphatic rings. The Morgan fingerprint density at radius 2 is 1.75 bits per heavy atom. The number of benzene rings is 1. The fraction of sp³-hybridized carbons (Fsp3) is 0.435. The van der Waals surface area contributed by atoms with Crippen LogP contribution in [0.1, 0.15) is 66.1 Å². The Balaban J connectivity index is 1.61. The highest BCUT2D eigenvalue weighted by Gasteiger charge is 2.24. The molecule has 4 rings (SSSR count). The molecule has 0 saturated heterocycles. The summed E-state index contributed by atoms with van der Waals surface area (Å²) in [7, 11) is 0. The maximum absolute atomic E-state index is 13.4. The molecule has 0 aliphatic heterocycles. The molecule has 1 amide bonds. The van der Waals surface area contributed by atoms with Crippen molar-refractivity contribution in [3.05, 3.63) is 58.9 Å². The highest BCUT2D eigenvalue weighted by atomic mass is 32.2. The molecule has 0 spiro atoms. The normalized spacial score (nSPS) is 14.8. The van der Waals surface area contributed by atoms with Gasteiger partial charge in [-0.15, -0.1) is 5.10 Å². The number of nitrogens with zero attached hydrogens (tertiary/aromatic N) is 5. The predicted octanol–water partition coefficient (Wildman–Crippen LogP) is 4.56. The van der Waals surface area contributed by atoms with E-state index in [2.05, 4.69) is 25.6 Å². The highest BCUT2D eigenvalue weighted by Crippen LogP contribution is 2.24. The number of aryl methyl sites for hydroxylation is 2. The summed E-state index contributed by atoms with van der Waals surface area (Å²) in [5, 5.41) is 12.2. The van der Waals surface area contributed by atoms with Crippen molar-refractivity contribution in [1.82, 2.24) is 30.3 Å². The predicted molar refractivity (Wildman–Crippen MR) is 121 cm³/mol. The fourth-order valence-electron chi connectivity index (χ4n) is 3.97. The van der Waals surface area contributed by atoms with Crippen LogP contribution in [0, 0.1) is 19.7 Å². The second kappa shape index (κ2) is 10.2. The van der Waals surface area contributed by atoms with E-state index in [1.54, 1.807) is 16.8 Å². The molecule has 3 aromatic rings. The lowest BCUT2D eigenvalue weighted by Gasteiger charge is -2.16. The SMILES string of the molecule is Cc1cc(C)nc(SCc2c(C(=O)NC3CCCCCC3)nnn2-c2ccc(F)cc2)n1. The molecule has 1 aromatic carbocycles. The second-order valence-electron chi connectivity index (χ2n) is 8.16. The van der Waals surface area contributed by atoms with Crippen molar-refractivity contribution in [2.75, 3.05) is 0 Å². The highest BCUT2D eigenvalue weighted by molar-refractivity contribution is 7.98. The van der Waals surface area contributed by atoms with Crippen molar-refractivity contribution in [3.63, 3.8) is 0 Å². The Hall–Kier alpha value is -2.81. The Labute approximate surface area is 191 Å². The first-order chi connectivity index (χ1) is 15.5. The van der Waals surface area contributed by atoms with Crippen LogP contribution in [0.25, 0.3) is 5.69 Å². The van der Waals surface area contributed by atoms with Crippen molar-refractivity contribution in [3.8, 4) is 5.69 Å². The van der Waals surface area contributed by atoms with E-state index in [0.717, 1.165) is 37.1 Å². The number of aromatic nitrogens is 5. The molecular weight excluding hydrogens is 427 g/mol. The zero-order valence-corrected chi connectivity index (χ0v) is 19.2. The topological polar surface area (TPSA) is 85.6 Å². The average Bonchev–Trinajstić information content (AvgIpc) is 3.01. The number of thioether (sulfide) groups is 1. The van der Waals surface area contributed by atoms with Gasteiger partial charge in [0.15, 0.2) is 10.9 Å². The van der Waals surface area contributed by atoms with E-state index in [-0.39, 0.29) is 23.5 Å². The lowest BCUT2D eigenvalue weighted by atomic mass is 10.1. The third-order valence-electron chi connectivity index (χ3n) is 5.54. The third kappa shape index (κ3) is 5.51. The molecule has 0 radical (unpaired) electrons. The zero-order chi connectivity index (χ0) is 22.5. The maximum Gasteiger partial charge on any atom is 0.274 e. The van der Waals surface area contributed by atoms with Gasteiger partial charge in [-0.2, -0.15) is 0 Å². The van der Waals surface area contributed by atoms with Crippen LogP contribution < -0.4 is 5.32 Å². The van der Waals surface area contributed by atoms with Gasteiger partial charge in [0.05, 0.1) is 11.4 Å². The number of hydrogen-bond donors (Lipinski definition) is 1. The minimum atomic E-state index is -0.334. The number of hydrogen-bond acceptors (Lipinski definition) is 6. The molecule has 0 unspecified atom stereocenters. The number of carbonyl (C=O) groups is 1. The van der Waals surface area contributed by atoms with Gasteiger partial charge >= 0.3 is 0 Å². The summed E-state index contributed by atoms with van der Waals surface area (Å²) in [6.07, 6.45) is 6.65. The van der Waals surface area contributed by atoms with Gasteiger partial charge in [0.1, 0.15) is 5.82 Å². The van der Waals surface area contributed by atoms with E-state index >= 15 is 0 Å². The van der Waals surface area contributed by atoms with Crippen LogP contribution in [0.2, 0.25) is 0 Å². The van der Waals surface area contributed by atoms with Crippen LogP contribution in [0.15, 0.2) is 35.5 Å². The van der Waals surface area contributed by atoms with Crippen molar-refractivity contribution >= 4 is 17.7 Å². The quantitative estimate of drug-likeness (QED) is 0.334. The molecule has 2 aromatic heterocycles. The molecule has 7 nitrogen and oxygen atoms in total. The summed E-state index contributed by atoms with van der Waals surface area (Å²) in [5.74, 6) is -0.150. The average molecular weight is 455 g/mol. The molecular formula is C23H27FN6OS. The molecule has 0 bridgehead atoms. The van der Waals surface area contributed by atoms with E-state index in [1.807, 2.05) is 19.9 Å². The number of nitrogens with one attached hydrogen (secondary N) is 1. The van der Waals surface area contributed by atoms with Crippen molar-refractivity contribution < 1.29 is 9.18 Å². The molecule has 32 heavy (non-hydrogen) atoms. The number of amides is 1. The number of carbonyl (C=O) groups excluding carboxylic acids is 1. The molecule has 1 N–H and O–H groups in total. The van der Waals surface area contributed by atoms with Crippen LogP contribution in [-0.4, -0.2) is 36.9 Å². The van der Waals surface area contributed by atoms with Crippen LogP contribution in [0.4, 0.5) is 4.39 Å². The van der Waals surface area contributed by atoms with Crippen LogP contribution in [0.5, 0.6) is 0 Å². The zero-order valence-electron chi connectivity index (χ0n) is 18.3. The monoisotopic (exact) mass is 454 g/mol. The van der Waals surface area contributed by atoms with Gasteiger partial charge in [-0.25, -0.2) is 19.0 Å². The minimum Gasteiger partial charge on any atom is -0.348 e. The summed E-state index contributed by atoms with van der Waals surface area (Å²) in [6, 6.07) is 8.05. The van der Waals surface area contributed by atoms with Gasteiger partial charge in [0.2, 0.25) is 0 Å². The third-order valence-corrected chi connectivity index (χ3v) is 6.40. The van der Waals surface area contributed by atoms with Crippen LogP contribution in [-0.2, 0) is 5.75 Å². The molecule has 0 atom stereocenters. The first-order valence-corrected chi connectivity index (χ1v) is 11.9. The van der Waals surface area contributed by atoms with Gasteiger partial charge in [0, 0.05) is 23.2 Å². The molecule has 1 aliphatic carbocycles. The summed E-state index contributed by atoms with van der Waals surface area (Å²) in [5.41, 5.74) is 3.34. The van der Waals surface area contributed by atoms with Crippen molar-refractivity contribution in [2.24, 2.45) is 0 Å². The largest absolute Gasteiger partial charge is 0.348 e. The number of rotatable bonds is 6. The van der Waals surface area contributed by atoms with Gasteiger partial charge < -0.3 is 5.32 Å². The Morgan fingerprint density at radius 3 is 2.41 bits per heavy atom. The lowest BCUT2D eigenvalue weighted by Crippen LogP contribution is -2.35. The standard InChI is InChI=1S/C23H27FN6OS/c1-15-13-16(2)26-23(25-15)32-14-20-21(22(31)27-18-7-5-3-4-6-8-18)28-29-30(20)19-11-9-17(24)10-12-19/h9-13,18H,3-8,14H2,1-2H3,(H,27,31). The van der Waals surface area contributed by atoms with Gasteiger partial charge in [0.25, 0.3) is 5.91 Å². The molecule has 1 saturated carbocycles. The summed E-state index contributed by atoms with van der Waals surface area (Å²) in [4.78, 5) is 22.1. The first kappa shape index (κ1) is 22.4. The summed E-state index contributed by atoms with van der Waals surface area (Å²) in [6.45, 7) is 3.85. The number of halogens is 1. The van der Waals surface area contributed by atoms with Gasteiger partial charge in [-0.05, 0) is 57.0 Å². The van der Waals surface area contributed by atoms with Gasteiger partial charge in [-0.1, -0.05) is 42.7 Å². The molecule has 9 heteroatoms. The van der Waals surface area contributed by atoms with E-state index in [1.165, 1.54) is 36.7 Å². The second-order valence-corrected chi connectivity index (χ2v) is 9.10. The Kier molecular flexibility index (Phi) is 7.14. The molecule has 168 valence electrons. The van der Waals surface area contributed by atoms with E-state index in [4.69, 9.17) is 0 Å². The van der Waals surface area contributed by atoms with Crippen molar-refractivity contribution in [2.45, 2.75) is 69.3 Å². The Bertz CT molecular complexity index is 1060. The van der Waals surface area contributed by atoms with E-state index < -0.39 is 0 Å².